The molecule has 5 rings (SSSR count). The Hall–Kier alpha value is -4.43. The standard InChI is InChI=1S/C37H41N3O4S/c1-29-16-14-15-19-31(29)27-39(35(26-30-17-6-2-7-18-30)37(42)38-32-20-8-3-9-21-32)36(41)28-40(33-22-10-4-11-23-33)45(43,44)34-24-12-5-13-25-34/h2,4-7,10-19,22-25,32,35H,3,8-9,20-21,26-28H2,1H3,(H,38,42)/t35-/m0/s1. The molecule has 0 aromatic heterocycles. The van der Waals surface area contributed by atoms with Gasteiger partial charge in [0.1, 0.15) is 12.6 Å². The molecule has 8 heteroatoms. The van der Waals surface area contributed by atoms with E-state index >= 15 is 0 Å². The van der Waals surface area contributed by atoms with Crippen LogP contribution in [0.5, 0.6) is 0 Å². The maximum absolute atomic E-state index is 14.6. The molecule has 0 spiro atoms. The highest BCUT2D eigenvalue weighted by molar-refractivity contribution is 7.92. The fraction of sp³-hybridized carbons (Fsp3) is 0.297. The van der Waals surface area contributed by atoms with Crippen LogP contribution in [-0.2, 0) is 32.6 Å². The van der Waals surface area contributed by atoms with Gasteiger partial charge in [-0.2, -0.15) is 0 Å². The summed E-state index contributed by atoms with van der Waals surface area (Å²) in [6.07, 6.45) is 5.39. The molecule has 4 aromatic carbocycles. The van der Waals surface area contributed by atoms with Crippen LogP contribution in [0.4, 0.5) is 5.69 Å². The predicted molar refractivity (Wildman–Crippen MR) is 178 cm³/mol. The minimum absolute atomic E-state index is 0.0548. The number of para-hydroxylation sites is 1. The molecule has 7 nitrogen and oxygen atoms in total. The van der Waals surface area contributed by atoms with Crippen molar-refractivity contribution in [3.05, 3.63) is 132 Å². The Balaban J connectivity index is 1.55. The highest BCUT2D eigenvalue weighted by atomic mass is 32.2. The SMILES string of the molecule is Cc1ccccc1CN(C(=O)CN(c1ccccc1)S(=O)(=O)c1ccccc1)[C@@H](Cc1ccccc1)C(=O)NC1CCCCC1. The van der Waals surface area contributed by atoms with Gasteiger partial charge in [0.2, 0.25) is 11.8 Å². The molecule has 0 radical (unpaired) electrons. The second kappa shape index (κ2) is 15.0. The van der Waals surface area contributed by atoms with Gasteiger partial charge in [0.15, 0.2) is 0 Å². The number of benzene rings is 4. The van der Waals surface area contributed by atoms with Crippen LogP contribution in [0.15, 0.2) is 120 Å². The van der Waals surface area contributed by atoms with Crippen LogP contribution in [0.2, 0.25) is 0 Å². The predicted octanol–water partition coefficient (Wildman–Crippen LogP) is 6.28. The summed E-state index contributed by atoms with van der Waals surface area (Å²) in [4.78, 5) is 30.4. The molecule has 0 saturated heterocycles. The normalized spacial score (nSPS) is 14.3. The zero-order chi connectivity index (χ0) is 31.6. The van der Waals surface area contributed by atoms with Crippen molar-refractivity contribution in [2.24, 2.45) is 0 Å². The van der Waals surface area contributed by atoms with Crippen LogP contribution in [0.3, 0.4) is 0 Å². The second-order valence-electron chi connectivity index (χ2n) is 11.7. The fourth-order valence-electron chi connectivity index (χ4n) is 5.91. The van der Waals surface area contributed by atoms with Crippen LogP contribution >= 0.6 is 0 Å². The third-order valence-electron chi connectivity index (χ3n) is 8.48. The first-order valence-electron chi connectivity index (χ1n) is 15.6. The van der Waals surface area contributed by atoms with Gasteiger partial charge in [-0.05, 0) is 60.7 Å². The number of carbonyl (C=O) groups excluding carboxylic acids is 2. The quantitative estimate of drug-likeness (QED) is 0.201. The van der Waals surface area contributed by atoms with Crippen molar-refractivity contribution in [3.63, 3.8) is 0 Å². The van der Waals surface area contributed by atoms with Crippen LogP contribution < -0.4 is 9.62 Å². The molecule has 1 N–H and O–H groups in total. The molecule has 45 heavy (non-hydrogen) atoms. The van der Waals surface area contributed by atoms with Crippen molar-refractivity contribution in [1.29, 1.82) is 0 Å². The van der Waals surface area contributed by atoms with E-state index in [1.165, 1.54) is 12.1 Å². The summed E-state index contributed by atoms with van der Waals surface area (Å²) in [5, 5.41) is 3.25. The van der Waals surface area contributed by atoms with Crippen LogP contribution in [0, 0.1) is 6.92 Å². The maximum Gasteiger partial charge on any atom is 0.264 e. The summed E-state index contributed by atoms with van der Waals surface area (Å²) in [6.45, 7) is 1.67. The van der Waals surface area contributed by atoms with E-state index in [9.17, 15) is 18.0 Å². The van der Waals surface area contributed by atoms with E-state index in [1.54, 1.807) is 53.4 Å². The van der Waals surface area contributed by atoms with Gasteiger partial charge in [0.25, 0.3) is 10.0 Å². The lowest BCUT2D eigenvalue weighted by Gasteiger charge is -2.35. The van der Waals surface area contributed by atoms with Gasteiger partial charge < -0.3 is 10.2 Å². The molecule has 0 unspecified atom stereocenters. The second-order valence-corrected chi connectivity index (χ2v) is 13.5. The van der Waals surface area contributed by atoms with E-state index in [-0.39, 0.29) is 23.4 Å². The highest BCUT2D eigenvalue weighted by Crippen LogP contribution is 2.25. The van der Waals surface area contributed by atoms with E-state index in [0.29, 0.717) is 12.1 Å². The maximum atomic E-state index is 14.6. The van der Waals surface area contributed by atoms with Gasteiger partial charge in [-0.1, -0.05) is 110 Å². The van der Waals surface area contributed by atoms with Gasteiger partial charge in [0, 0.05) is 19.0 Å². The molecule has 0 heterocycles. The summed E-state index contributed by atoms with van der Waals surface area (Å²) in [6, 6.07) is 33.4. The van der Waals surface area contributed by atoms with Crippen LogP contribution in [-0.4, -0.2) is 43.8 Å². The molecule has 1 atom stereocenters. The van der Waals surface area contributed by atoms with Crippen molar-refractivity contribution in [3.8, 4) is 0 Å². The minimum Gasteiger partial charge on any atom is -0.352 e. The number of nitrogens with one attached hydrogen (secondary N) is 1. The smallest absolute Gasteiger partial charge is 0.264 e. The number of amides is 2. The summed E-state index contributed by atoms with van der Waals surface area (Å²) >= 11 is 0. The topological polar surface area (TPSA) is 86.8 Å². The Labute approximate surface area is 266 Å². The first kappa shape index (κ1) is 32.0. The third-order valence-corrected chi connectivity index (χ3v) is 10.3. The highest BCUT2D eigenvalue weighted by Gasteiger charge is 2.35. The third kappa shape index (κ3) is 8.19. The molecule has 1 aliphatic rings. The molecule has 0 aliphatic heterocycles. The molecule has 234 valence electrons. The van der Waals surface area contributed by atoms with Gasteiger partial charge in [0.05, 0.1) is 10.6 Å². The van der Waals surface area contributed by atoms with Crippen molar-refractivity contribution >= 4 is 27.5 Å². The lowest BCUT2D eigenvalue weighted by molar-refractivity contribution is -0.140. The van der Waals surface area contributed by atoms with Crippen molar-refractivity contribution in [2.45, 2.75) is 69.0 Å². The van der Waals surface area contributed by atoms with E-state index in [4.69, 9.17) is 0 Å². The Bertz CT molecular complexity index is 1660. The van der Waals surface area contributed by atoms with E-state index in [0.717, 1.165) is 53.1 Å². The largest absolute Gasteiger partial charge is 0.352 e. The molecule has 4 aromatic rings. The Morgan fingerprint density at radius 1 is 0.778 bits per heavy atom. The number of carbonyl (C=O) groups is 2. The zero-order valence-electron chi connectivity index (χ0n) is 25.7. The molecule has 1 saturated carbocycles. The number of hydrogen-bond donors (Lipinski definition) is 1. The molecule has 1 aliphatic carbocycles. The number of anilines is 1. The molecule has 2 amide bonds. The Morgan fingerprint density at radius 2 is 1.36 bits per heavy atom. The number of hydrogen-bond acceptors (Lipinski definition) is 4. The van der Waals surface area contributed by atoms with Gasteiger partial charge >= 0.3 is 0 Å². The summed E-state index contributed by atoms with van der Waals surface area (Å²) in [5.74, 6) is -0.675. The monoisotopic (exact) mass is 623 g/mol. The zero-order valence-corrected chi connectivity index (χ0v) is 26.5. The first-order chi connectivity index (χ1) is 21.8. The molecule has 1 fully saturated rings. The number of nitrogens with zero attached hydrogens (tertiary/aromatic N) is 2. The van der Waals surface area contributed by atoms with Crippen LogP contribution in [0.1, 0.15) is 48.8 Å². The lowest BCUT2D eigenvalue weighted by Crippen LogP contribution is -2.55. The molecular weight excluding hydrogens is 582 g/mol. The average molecular weight is 624 g/mol. The molecule has 0 bridgehead atoms. The molecular formula is C37H41N3O4S. The Morgan fingerprint density at radius 3 is 2.00 bits per heavy atom. The van der Waals surface area contributed by atoms with E-state index in [1.807, 2.05) is 61.5 Å². The number of rotatable bonds is 12. The fourth-order valence-corrected chi connectivity index (χ4v) is 7.35. The number of sulfonamides is 1. The average Bonchev–Trinajstić information content (AvgIpc) is 3.07. The van der Waals surface area contributed by atoms with Gasteiger partial charge in [-0.15, -0.1) is 0 Å². The number of aryl methyl sites for hydroxylation is 1. The van der Waals surface area contributed by atoms with Gasteiger partial charge in [-0.25, -0.2) is 8.42 Å². The first-order valence-corrected chi connectivity index (χ1v) is 17.1. The Kier molecular flexibility index (Phi) is 10.7. The van der Waals surface area contributed by atoms with Crippen molar-refractivity contribution in [1.82, 2.24) is 10.2 Å². The van der Waals surface area contributed by atoms with Crippen molar-refractivity contribution in [2.75, 3.05) is 10.8 Å². The van der Waals surface area contributed by atoms with Crippen molar-refractivity contribution < 1.29 is 18.0 Å². The van der Waals surface area contributed by atoms with Gasteiger partial charge in [-0.3, -0.25) is 13.9 Å². The van der Waals surface area contributed by atoms with E-state index < -0.39 is 28.5 Å². The lowest BCUT2D eigenvalue weighted by atomic mass is 9.94. The van der Waals surface area contributed by atoms with E-state index in [2.05, 4.69) is 5.32 Å². The van der Waals surface area contributed by atoms with Crippen LogP contribution in [0.25, 0.3) is 0 Å². The summed E-state index contributed by atoms with van der Waals surface area (Å²) in [5.41, 5.74) is 3.17. The summed E-state index contributed by atoms with van der Waals surface area (Å²) in [7, 11) is -4.11. The minimum atomic E-state index is -4.11. The summed E-state index contributed by atoms with van der Waals surface area (Å²) < 4.78 is 29.2.